The molecule has 0 saturated carbocycles. The Morgan fingerprint density at radius 1 is 0.935 bits per heavy atom. The van der Waals surface area contributed by atoms with E-state index >= 15 is 0 Å². The van der Waals surface area contributed by atoms with E-state index < -0.39 is 22.0 Å². The van der Waals surface area contributed by atoms with Gasteiger partial charge in [0, 0.05) is 11.6 Å². The zero-order valence-corrected chi connectivity index (χ0v) is 18.5. The first-order chi connectivity index (χ1) is 14.7. The van der Waals surface area contributed by atoms with E-state index in [-0.39, 0.29) is 33.7 Å². The highest BCUT2D eigenvalue weighted by molar-refractivity contribution is 7.89. The number of carbonyl (C=O) groups is 1. The quantitative estimate of drug-likeness (QED) is 0.503. The molecule has 0 radical (unpaired) electrons. The van der Waals surface area contributed by atoms with E-state index in [1.165, 1.54) is 42.5 Å². The lowest BCUT2D eigenvalue weighted by molar-refractivity contribution is -0.122. The summed E-state index contributed by atoms with van der Waals surface area (Å²) in [5, 5.41) is 2.88. The number of halogens is 3. The van der Waals surface area contributed by atoms with Crippen LogP contribution in [0.4, 0.5) is 4.39 Å². The number of hydrogen-bond donors (Lipinski definition) is 2. The molecule has 0 saturated heterocycles. The third-order valence-corrected chi connectivity index (χ3v) is 6.65. The van der Waals surface area contributed by atoms with Crippen LogP contribution in [0.1, 0.15) is 11.1 Å². The maximum absolute atomic E-state index is 13.1. The first kappa shape index (κ1) is 23.2. The fraction of sp³-hybridized carbons (Fsp3) is 0.136. The third-order valence-electron chi connectivity index (χ3n) is 4.46. The summed E-state index contributed by atoms with van der Waals surface area (Å²) in [6.07, 6.45) is 0.119. The maximum atomic E-state index is 13.1. The molecule has 0 aliphatic rings. The molecular weight excluding hydrogens is 462 g/mol. The Kier molecular flexibility index (Phi) is 7.67. The lowest BCUT2D eigenvalue weighted by Gasteiger charge is -2.19. The van der Waals surface area contributed by atoms with Crippen molar-refractivity contribution in [2.45, 2.75) is 23.9 Å². The molecule has 3 rings (SSSR count). The van der Waals surface area contributed by atoms with Crippen molar-refractivity contribution in [3.8, 4) is 0 Å². The van der Waals surface area contributed by atoms with Gasteiger partial charge < -0.3 is 5.32 Å². The number of nitrogens with one attached hydrogen (secondary N) is 2. The molecule has 9 heteroatoms. The molecule has 2 N–H and O–H groups in total. The van der Waals surface area contributed by atoms with Gasteiger partial charge in [0.05, 0.1) is 5.02 Å². The van der Waals surface area contributed by atoms with Crippen molar-refractivity contribution in [2.24, 2.45) is 0 Å². The first-order valence-electron chi connectivity index (χ1n) is 9.28. The van der Waals surface area contributed by atoms with Crippen molar-refractivity contribution >= 4 is 39.1 Å². The zero-order chi connectivity index (χ0) is 22.4. The zero-order valence-electron chi connectivity index (χ0n) is 16.2. The van der Waals surface area contributed by atoms with E-state index in [9.17, 15) is 17.6 Å². The average Bonchev–Trinajstić information content (AvgIpc) is 2.75. The van der Waals surface area contributed by atoms with Gasteiger partial charge in [0.15, 0.2) is 0 Å². The van der Waals surface area contributed by atoms with Gasteiger partial charge in [-0.15, -0.1) is 0 Å². The van der Waals surface area contributed by atoms with Crippen LogP contribution < -0.4 is 10.0 Å². The lowest BCUT2D eigenvalue weighted by Crippen LogP contribution is -2.47. The minimum atomic E-state index is -4.14. The van der Waals surface area contributed by atoms with Crippen LogP contribution in [0.5, 0.6) is 0 Å². The molecule has 1 atom stereocenters. The van der Waals surface area contributed by atoms with E-state index in [0.717, 1.165) is 5.56 Å². The van der Waals surface area contributed by atoms with Gasteiger partial charge in [0.25, 0.3) is 0 Å². The molecule has 5 nitrogen and oxygen atoms in total. The number of rotatable bonds is 8. The van der Waals surface area contributed by atoms with Crippen LogP contribution in [0, 0.1) is 5.82 Å². The highest BCUT2D eigenvalue weighted by Gasteiger charge is 2.27. The molecule has 0 aliphatic carbocycles. The van der Waals surface area contributed by atoms with Crippen LogP contribution in [0.15, 0.2) is 77.7 Å². The summed E-state index contributed by atoms with van der Waals surface area (Å²) in [4.78, 5) is 12.7. The summed E-state index contributed by atoms with van der Waals surface area (Å²) in [5.74, 6) is -0.918. The van der Waals surface area contributed by atoms with Gasteiger partial charge in [0.2, 0.25) is 15.9 Å². The van der Waals surface area contributed by atoms with Crippen molar-refractivity contribution in [1.82, 2.24) is 10.0 Å². The largest absolute Gasteiger partial charge is 0.351 e. The summed E-state index contributed by atoms with van der Waals surface area (Å²) < 4.78 is 41.4. The molecule has 162 valence electrons. The van der Waals surface area contributed by atoms with Crippen LogP contribution >= 0.6 is 23.2 Å². The van der Waals surface area contributed by atoms with Gasteiger partial charge in [-0.25, -0.2) is 12.8 Å². The number of amides is 1. The summed E-state index contributed by atoms with van der Waals surface area (Å²) in [5.41, 5.74) is 1.44. The monoisotopic (exact) mass is 480 g/mol. The van der Waals surface area contributed by atoms with E-state index in [4.69, 9.17) is 23.2 Å². The summed E-state index contributed by atoms with van der Waals surface area (Å²) in [7, 11) is -4.14. The highest BCUT2D eigenvalue weighted by Crippen LogP contribution is 2.25. The van der Waals surface area contributed by atoms with Crippen LogP contribution in [-0.2, 0) is 27.8 Å². The average molecular weight is 481 g/mol. The second-order valence-corrected chi connectivity index (χ2v) is 9.31. The molecule has 0 fully saturated rings. The summed E-state index contributed by atoms with van der Waals surface area (Å²) in [6, 6.07) is 17.6. The predicted molar refractivity (Wildman–Crippen MR) is 119 cm³/mol. The molecule has 0 spiro atoms. The molecule has 31 heavy (non-hydrogen) atoms. The Morgan fingerprint density at radius 3 is 2.29 bits per heavy atom. The predicted octanol–water partition coefficient (Wildman–Crippen LogP) is 4.34. The molecule has 1 amide bonds. The topological polar surface area (TPSA) is 75.3 Å². The minimum absolute atomic E-state index is 0.0120. The van der Waals surface area contributed by atoms with E-state index in [0.29, 0.717) is 5.56 Å². The molecule has 3 aromatic rings. The SMILES string of the molecule is O=C(NCc1ccc(F)cc1)[C@@H](Cc1ccccc1)NS(=O)(=O)c1cc(Cl)ccc1Cl. The van der Waals surface area contributed by atoms with Crippen LogP contribution in [-0.4, -0.2) is 20.4 Å². The van der Waals surface area contributed by atoms with E-state index in [2.05, 4.69) is 10.0 Å². The molecule has 0 heterocycles. The van der Waals surface area contributed by atoms with Gasteiger partial charge >= 0.3 is 0 Å². The van der Waals surface area contributed by atoms with Crippen LogP contribution in [0.2, 0.25) is 10.0 Å². The van der Waals surface area contributed by atoms with E-state index in [1.54, 1.807) is 24.3 Å². The second kappa shape index (κ2) is 10.2. The number of benzene rings is 3. The molecule has 0 bridgehead atoms. The second-order valence-electron chi connectivity index (χ2n) is 6.78. The van der Waals surface area contributed by atoms with Crippen molar-refractivity contribution < 1.29 is 17.6 Å². The Labute approximate surface area is 190 Å². The van der Waals surface area contributed by atoms with Gasteiger partial charge in [-0.1, -0.05) is 65.7 Å². The smallest absolute Gasteiger partial charge is 0.242 e. The Hall–Kier alpha value is -2.45. The van der Waals surface area contributed by atoms with Crippen molar-refractivity contribution in [2.75, 3.05) is 0 Å². The summed E-state index contributed by atoms with van der Waals surface area (Å²) in [6.45, 7) is 0.115. The number of sulfonamides is 1. The number of carbonyl (C=O) groups excluding carboxylic acids is 1. The molecule has 0 aliphatic heterocycles. The highest BCUT2D eigenvalue weighted by atomic mass is 35.5. The normalized spacial score (nSPS) is 12.4. The molecule has 0 aromatic heterocycles. The van der Waals surface area contributed by atoms with Gasteiger partial charge in [-0.2, -0.15) is 4.72 Å². The standard InChI is InChI=1S/C22H19Cl2FN2O3S/c23-17-8-11-19(24)21(13-17)31(29,30)27-20(12-15-4-2-1-3-5-15)22(28)26-14-16-6-9-18(25)10-7-16/h1-11,13,20,27H,12,14H2,(H,26,28)/t20-/m1/s1. The third kappa shape index (κ3) is 6.51. The maximum Gasteiger partial charge on any atom is 0.242 e. The van der Waals surface area contributed by atoms with Crippen molar-refractivity contribution in [1.29, 1.82) is 0 Å². The Balaban J connectivity index is 1.82. The van der Waals surface area contributed by atoms with Gasteiger partial charge in [0.1, 0.15) is 16.8 Å². The Morgan fingerprint density at radius 2 is 1.61 bits per heavy atom. The summed E-state index contributed by atoms with van der Waals surface area (Å²) >= 11 is 12.0. The van der Waals surface area contributed by atoms with Crippen molar-refractivity contribution in [3.05, 3.63) is 99.8 Å². The molecular formula is C22H19Cl2FN2O3S. The van der Waals surface area contributed by atoms with Crippen LogP contribution in [0.3, 0.4) is 0 Å². The van der Waals surface area contributed by atoms with Gasteiger partial charge in [-0.3, -0.25) is 4.79 Å². The molecule has 0 unspecified atom stereocenters. The van der Waals surface area contributed by atoms with Crippen molar-refractivity contribution in [3.63, 3.8) is 0 Å². The fourth-order valence-corrected chi connectivity index (χ4v) is 4.84. The first-order valence-corrected chi connectivity index (χ1v) is 11.5. The number of hydrogen-bond acceptors (Lipinski definition) is 3. The fourth-order valence-electron chi connectivity index (χ4n) is 2.89. The lowest BCUT2D eigenvalue weighted by atomic mass is 10.1. The minimum Gasteiger partial charge on any atom is -0.351 e. The Bertz CT molecular complexity index is 1160. The molecule has 3 aromatic carbocycles. The van der Waals surface area contributed by atoms with Crippen LogP contribution in [0.25, 0.3) is 0 Å². The van der Waals surface area contributed by atoms with E-state index in [1.807, 2.05) is 6.07 Å². The van der Waals surface area contributed by atoms with Gasteiger partial charge in [-0.05, 0) is 47.9 Å².